The highest BCUT2D eigenvalue weighted by molar-refractivity contribution is 7.12. The highest BCUT2D eigenvalue weighted by Gasteiger charge is 2.09. The van der Waals surface area contributed by atoms with Gasteiger partial charge >= 0.3 is 0 Å². The minimum atomic E-state index is 0.0981. The molecule has 0 aliphatic heterocycles. The van der Waals surface area contributed by atoms with E-state index in [2.05, 4.69) is 0 Å². The maximum absolute atomic E-state index is 11.5. The second-order valence-electron chi connectivity index (χ2n) is 2.91. The van der Waals surface area contributed by atoms with Crippen molar-refractivity contribution in [3.05, 3.63) is 21.9 Å². The van der Waals surface area contributed by atoms with E-state index in [-0.39, 0.29) is 12.4 Å². The summed E-state index contributed by atoms with van der Waals surface area (Å²) in [6.45, 7) is 4.86. The molecule has 0 radical (unpaired) electrons. The fourth-order valence-electron chi connectivity index (χ4n) is 1.03. The molecular weight excluding hydrogens is 184 g/mol. The number of carbonyl (C=O) groups excluding carboxylic acids is 1. The summed E-state index contributed by atoms with van der Waals surface area (Å²) >= 11 is 1.49. The predicted octanol–water partition coefficient (Wildman–Crippen LogP) is 2.67. The van der Waals surface area contributed by atoms with Crippen LogP contribution < -0.4 is 0 Å². The number of ether oxygens (including phenoxy) is 1. The van der Waals surface area contributed by atoms with Gasteiger partial charge in [0.15, 0.2) is 5.78 Å². The van der Waals surface area contributed by atoms with E-state index in [9.17, 15) is 4.79 Å². The monoisotopic (exact) mass is 198 g/mol. The van der Waals surface area contributed by atoms with E-state index in [4.69, 9.17) is 4.74 Å². The van der Waals surface area contributed by atoms with Crippen molar-refractivity contribution in [2.24, 2.45) is 0 Å². The largest absolute Gasteiger partial charge is 0.373 e. The number of rotatable bonds is 5. The summed E-state index contributed by atoms with van der Waals surface area (Å²) < 4.78 is 5.18. The smallest absolute Gasteiger partial charge is 0.198 e. The molecule has 0 aliphatic carbocycles. The van der Waals surface area contributed by atoms with Gasteiger partial charge in [-0.2, -0.15) is 0 Å². The van der Waals surface area contributed by atoms with Crippen molar-refractivity contribution >= 4 is 17.1 Å². The zero-order valence-electron chi connectivity index (χ0n) is 8.00. The highest BCUT2D eigenvalue weighted by atomic mass is 32.1. The summed E-state index contributed by atoms with van der Waals surface area (Å²) in [7, 11) is 0. The second-order valence-corrected chi connectivity index (χ2v) is 3.82. The Bertz CT molecular complexity index is 278. The molecule has 72 valence electrons. The van der Waals surface area contributed by atoms with Crippen molar-refractivity contribution in [3.63, 3.8) is 0 Å². The normalized spacial score (nSPS) is 10.3. The molecule has 0 aliphatic rings. The van der Waals surface area contributed by atoms with Gasteiger partial charge in [0, 0.05) is 6.61 Å². The molecule has 1 heterocycles. The molecule has 0 fully saturated rings. The van der Waals surface area contributed by atoms with E-state index in [0.29, 0.717) is 6.61 Å². The molecule has 0 amide bonds. The van der Waals surface area contributed by atoms with Crippen molar-refractivity contribution in [2.75, 3.05) is 13.2 Å². The minimum absolute atomic E-state index is 0.0981. The van der Waals surface area contributed by atoms with Gasteiger partial charge < -0.3 is 4.74 Å². The Kier molecular flexibility index (Phi) is 4.12. The molecule has 0 N–H and O–H groups in total. The zero-order chi connectivity index (χ0) is 9.68. The Morgan fingerprint density at radius 1 is 1.62 bits per heavy atom. The van der Waals surface area contributed by atoms with Crippen LogP contribution in [0.3, 0.4) is 0 Å². The van der Waals surface area contributed by atoms with Crippen LogP contribution in [0.5, 0.6) is 0 Å². The van der Waals surface area contributed by atoms with Crippen LogP contribution in [0.2, 0.25) is 0 Å². The molecule has 1 aromatic rings. The van der Waals surface area contributed by atoms with Gasteiger partial charge in [-0.25, -0.2) is 0 Å². The van der Waals surface area contributed by atoms with Crippen LogP contribution in [-0.4, -0.2) is 19.0 Å². The Labute approximate surface area is 82.5 Å². The Morgan fingerprint density at radius 3 is 2.92 bits per heavy atom. The number of aryl methyl sites for hydroxylation is 1. The highest BCUT2D eigenvalue weighted by Crippen LogP contribution is 2.15. The molecule has 3 heteroatoms. The maximum Gasteiger partial charge on any atom is 0.198 e. The van der Waals surface area contributed by atoms with Gasteiger partial charge in [-0.05, 0) is 30.4 Å². The molecule has 0 spiro atoms. The summed E-state index contributed by atoms with van der Waals surface area (Å²) in [5.41, 5.74) is 1.05. The molecular formula is C10H14O2S. The summed E-state index contributed by atoms with van der Waals surface area (Å²) in [6.07, 6.45) is 0.955. The van der Waals surface area contributed by atoms with Crippen molar-refractivity contribution in [1.29, 1.82) is 0 Å². The number of Topliss-reactive ketones (excluding diaryl/α,β-unsaturated/α-hetero) is 1. The van der Waals surface area contributed by atoms with Gasteiger partial charge in [-0.3, -0.25) is 4.79 Å². The van der Waals surface area contributed by atoms with Gasteiger partial charge in [0.1, 0.15) is 6.61 Å². The topological polar surface area (TPSA) is 26.3 Å². The van der Waals surface area contributed by atoms with Crippen molar-refractivity contribution in [2.45, 2.75) is 20.3 Å². The molecule has 0 atom stereocenters. The van der Waals surface area contributed by atoms with Crippen molar-refractivity contribution in [3.8, 4) is 0 Å². The van der Waals surface area contributed by atoms with E-state index in [1.54, 1.807) is 0 Å². The second kappa shape index (κ2) is 5.14. The first kappa shape index (κ1) is 10.4. The number of carbonyl (C=O) groups is 1. The average molecular weight is 198 g/mol. The van der Waals surface area contributed by atoms with E-state index < -0.39 is 0 Å². The average Bonchev–Trinajstić information content (AvgIpc) is 2.52. The Hall–Kier alpha value is -0.670. The summed E-state index contributed by atoms with van der Waals surface area (Å²) in [5, 5.41) is 1.93. The molecule has 0 saturated heterocycles. The van der Waals surface area contributed by atoms with E-state index in [1.807, 2.05) is 25.3 Å². The van der Waals surface area contributed by atoms with E-state index >= 15 is 0 Å². The van der Waals surface area contributed by atoms with Gasteiger partial charge in [-0.1, -0.05) is 6.92 Å². The number of ketones is 1. The van der Waals surface area contributed by atoms with Crippen LogP contribution in [0.4, 0.5) is 0 Å². The van der Waals surface area contributed by atoms with Crippen molar-refractivity contribution in [1.82, 2.24) is 0 Å². The van der Waals surface area contributed by atoms with Crippen LogP contribution in [0.1, 0.15) is 28.6 Å². The molecule has 0 unspecified atom stereocenters. The fourth-order valence-corrected chi connectivity index (χ4v) is 1.89. The van der Waals surface area contributed by atoms with Crippen LogP contribution in [0.15, 0.2) is 11.4 Å². The number of thiophene rings is 1. The molecule has 2 nitrogen and oxygen atoms in total. The molecule has 0 bridgehead atoms. The number of hydrogen-bond acceptors (Lipinski definition) is 3. The summed E-state index contributed by atoms with van der Waals surface area (Å²) in [4.78, 5) is 12.3. The minimum Gasteiger partial charge on any atom is -0.373 e. The van der Waals surface area contributed by atoms with Crippen LogP contribution in [0, 0.1) is 6.92 Å². The van der Waals surface area contributed by atoms with E-state index in [1.165, 1.54) is 11.3 Å². The first-order valence-corrected chi connectivity index (χ1v) is 5.28. The van der Waals surface area contributed by atoms with Gasteiger partial charge in [0.05, 0.1) is 4.88 Å². The lowest BCUT2D eigenvalue weighted by Gasteiger charge is -2.00. The standard InChI is InChI=1S/C10H14O2S/c1-3-5-12-7-9(11)10-8(2)4-6-13-10/h4,6H,3,5,7H2,1-2H3. The fraction of sp³-hybridized carbons (Fsp3) is 0.500. The molecule has 0 aromatic carbocycles. The molecule has 1 aromatic heterocycles. The lowest BCUT2D eigenvalue weighted by molar-refractivity contribution is 0.0765. The third kappa shape index (κ3) is 2.94. The lowest BCUT2D eigenvalue weighted by Crippen LogP contribution is -2.08. The molecule has 1 rings (SSSR count). The third-order valence-electron chi connectivity index (χ3n) is 1.70. The molecule has 0 saturated carbocycles. The van der Waals surface area contributed by atoms with Gasteiger partial charge in [-0.15, -0.1) is 11.3 Å². The van der Waals surface area contributed by atoms with Gasteiger partial charge in [0.25, 0.3) is 0 Å². The summed E-state index contributed by atoms with van der Waals surface area (Å²) in [5.74, 6) is 0.0981. The Morgan fingerprint density at radius 2 is 2.38 bits per heavy atom. The Balaban J connectivity index is 2.45. The third-order valence-corrected chi connectivity index (χ3v) is 2.75. The maximum atomic E-state index is 11.5. The first-order valence-electron chi connectivity index (χ1n) is 4.40. The lowest BCUT2D eigenvalue weighted by atomic mass is 10.2. The zero-order valence-corrected chi connectivity index (χ0v) is 8.82. The SMILES string of the molecule is CCCOCC(=O)c1sccc1C. The summed E-state index contributed by atoms with van der Waals surface area (Å²) in [6, 6.07) is 1.96. The van der Waals surface area contributed by atoms with Crippen LogP contribution in [0.25, 0.3) is 0 Å². The quantitative estimate of drug-likeness (QED) is 0.537. The van der Waals surface area contributed by atoms with E-state index in [0.717, 1.165) is 16.9 Å². The molecule has 13 heavy (non-hydrogen) atoms. The van der Waals surface area contributed by atoms with Crippen LogP contribution in [-0.2, 0) is 4.74 Å². The van der Waals surface area contributed by atoms with Crippen molar-refractivity contribution < 1.29 is 9.53 Å². The number of hydrogen-bond donors (Lipinski definition) is 0. The van der Waals surface area contributed by atoms with Crippen LogP contribution >= 0.6 is 11.3 Å². The first-order chi connectivity index (χ1) is 6.25. The van der Waals surface area contributed by atoms with Gasteiger partial charge in [0.2, 0.25) is 0 Å². The predicted molar refractivity (Wildman–Crippen MR) is 54.5 cm³/mol.